The monoisotopic (exact) mass is 486 g/mol. The second-order valence-electron chi connectivity index (χ2n) is 6.08. The Kier molecular flexibility index (Phi) is 7.75. The zero-order chi connectivity index (χ0) is 21.3. The van der Waals surface area contributed by atoms with E-state index in [-0.39, 0.29) is 12.3 Å². The summed E-state index contributed by atoms with van der Waals surface area (Å²) >= 11 is 4.86. The third kappa shape index (κ3) is 6.27. The van der Waals surface area contributed by atoms with Crippen LogP contribution in [-0.2, 0) is 11.2 Å². The summed E-state index contributed by atoms with van der Waals surface area (Å²) in [6.07, 6.45) is 1.79. The molecule has 0 aliphatic rings. The highest BCUT2D eigenvalue weighted by Gasteiger charge is 2.13. The van der Waals surface area contributed by atoms with E-state index < -0.39 is 5.97 Å². The molecule has 0 saturated heterocycles. The number of hydrazone groups is 1. The molecule has 0 fully saturated rings. The van der Waals surface area contributed by atoms with E-state index in [1.54, 1.807) is 42.5 Å². The summed E-state index contributed by atoms with van der Waals surface area (Å²) in [6, 6.07) is 15.7. The Morgan fingerprint density at radius 3 is 2.63 bits per heavy atom. The SMILES string of the molecule is CCOc1cc(C=NNC(=O)Cc2cccs2)ccc1OC(=O)c1ccc(Br)cc1. The van der Waals surface area contributed by atoms with Crippen LogP contribution < -0.4 is 14.9 Å². The van der Waals surface area contributed by atoms with Gasteiger partial charge in [0, 0.05) is 9.35 Å². The van der Waals surface area contributed by atoms with Crippen LogP contribution in [0.15, 0.2) is 69.6 Å². The average molecular weight is 487 g/mol. The molecule has 3 rings (SSSR count). The average Bonchev–Trinajstić information content (AvgIpc) is 3.23. The fourth-order valence-electron chi connectivity index (χ4n) is 2.49. The summed E-state index contributed by atoms with van der Waals surface area (Å²) in [5.74, 6) is 0.0463. The quantitative estimate of drug-likeness (QED) is 0.214. The molecule has 0 aliphatic heterocycles. The summed E-state index contributed by atoms with van der Waals surface area (Å²) in [6.45, 7) is 2.24. The molecule has 30 heavy (non-hydrogen) atoms. The minimum absolute atomic E-state index is 0.196. The molecule has 1 amide bonds. The molecule has 1 heterocycles. The highest BCUT2D eigenvalue weighted by atomic mass is 79.9. The number of halogens is 1. The molecule has 6 nitrogen and oxygen atoms in total. The minimum Gasteiger partial charge on any atom is -0.490 e. The molecule has 154 valence electrons. The van der Waals surface area contributed by atoms with Gasteiger partial charge in [-0.2, -0.15) is 5.10 Å². The summed E-state index contributed by atoms with van der Waals surface area (Å²) in [4.78, 5) is 25.2. The first-order valence-electron chi connectivity index (χ1n) is 9.14. The summed E-state index contributed by atoms with van der Waals surface area (Å²) in [5, 5.41) is 5.90. The standard InChI is InChI=1S/C22H19BrN2O4S/c1-2-28-20-12-15(14-24-25-21(26)13-18-4-3-11-30-18)5-10-19(20)29-22(27)16-6-8-17(23)9-7-16/h3-12,14H,2,13H2,1H3,(H,25,26). The normalized spacial score (nSPS) is 10.7. The van der Waals surface area contributed by atoms with Crippen LogP contribution in [0.2, 0.25) is 0 Å². The fourth-order valence-corrected chi connectivity index (χ4v) is 3.46. The van der Waals surface area contributed by atoms with Crippen molar-refractivity contribution < 1.29 is 19.1 Å². The number of ether oxygens (including phenoxy) is 2. The number of nitrogens with one attached hydrogen (secondary N) is 1. The molecule has 1 aromatic heterocycles. The van der Waals surface area contributed by atoms with Gasteiger partial charge in [-0.15, -0.1) is 11.3 Å². The first-order valence-corrected chi connectivity index (χ1v) is 10.8. The van der Waals surface area contributed by atoms with Crippen LogP contribution in [0.3, 0.4) is 0 Å². The van der Waals surface area contributed by atoms with E-state index in [2.05, 4.69) is 26.5 Å². The molecule has 2 aromatic carbocycles. The molecular formula is C22H19BrN2O4S. The number of amides is 1. The predicted octanol–water partition coefficient (Wildman–Crippen LogP) is 4.82. The minimum atomic E-state index is -0.481. The molecule has 3 aromatic rings. The molecule has 0 unspecified atom stereocenters. The lowest BCUT2D eigenvalue weighted by molar-refractivity contribution is -0.120. The number of carbonyl (C=O) groups is 2. The van der Waals surface area contributed by atoms with E-state index in [0.717, 1.165) is 9.35 Å². The highest BCUT2D eigenvalue weighted by Crippen LogP contribution is 2.29. The Hall–Kier alpha value is -2.97. The third-order valence-electron chi connectivity index (χ3n) is 3.87. The second kappa shape index (κ2) is 10.7. The van der Waals surface area contributed by atoms with Gasteiger partial charge in [-0.3, -0.25) is 4.79 Å². The van der Waals surface area contributed by atoms with Gasteiger partial charge in [0.1, 0.15) is 0 Å². The van der Waals surface area contributed by atoms with E-state index >= 15 is 0 Å². The van der Waals surface area contributed by atoms with Gasteiger partial charge in [0.2, 0.25) is 5.91 Å². The van der Waals surface area contributed by atoms with Crippen LogP contribution in [0.1, 0.15) is 27.7 Å². The van der Waals surface area contributed by atoms with Crippen LogP contribution in [0.25, 0.3) is 0 Å². The van der Waals surface area contributed by atoms with Crippen molar-refractivity contribution in [2.24, 2.45) is 5.10 Å². The van der Waals surface area contributed by atoms with Crippen molar-refractivity contribution in [2.45, 2.75) is 13.3 Å². The van der Waals surface area contributed by atoms with Gasteiger partial charge in [0.05, 0.1) is 24.8 Å². The van der Waals surface area contributed by atoms with E-state index in [4.69, 9.17) is 9.47 Å². The topological polar surface area (TPSA) is 77.0 Å². The van der Waals surface area contributed by atoms with E-state index in [0.29, 0.717) is 29.2 Å². The van der Waals surface area contributed by atoms with E-state index in [9.17, 15) is 9.59 Å². The van der Waals surface area contributed by atoms with E-state index in [1.807, 2.05) is 24.4 Å². The zero-order valence-corrected chi connectivity index (χ0v) is 18.5. The predicted molar refractivity (Wildman–Crippen MR) is 120 cm³/mol. The van der Waals surface area contributed by atoms with Gasteiger partial charge < -0.3 is 9.47 Å². The van der Waals surface area contributed by atoms with Gasteiger partial charge >= 0.3 is 5.97 Å². The lowest BCUT2D eigenvalue weighted by Crippen LogP contribution is -2.19. The maximum absolute atomic E-state index is 12.4. The molecule has 0 radical (unpaired) electrons. The van der Waals surface area contributed by atoms with Crippen molar-refractivity contribution in [1.82, 2.24) is 5.43 Å². The van der Waals surface area contributed by atoms with Crippen LogP contribution in [0.5, 0.6) is 11.5 Å². The largest absolute Gasteiger partial charge is 0.490 e. The molecular weight excluding hydrogens is 468 g/mol. The number of thiophene rings is 1. The van der Waals surface area contributed by atoms with Crippen molar-refractivity contribution in [1.29, 1.82) is 0 Å². The summed E-state index contributed by atoms with van der Waals surface area (Å²) < 4.78 is 12.0. The van der Waals surface area contributed by atoms with Gasteiger partial charge in [0.15, 0.2) is 11.5 Å². The number of hydrogen-bond acceptors (Lipinski definition) is 6. The number of esters is 1. The highest BCUT2D eigenvalue weighted by molar-refractivity contribution is 9.10. The molecule has 0 atom stereocenters. The molecule has 0 saturated carbocycles. The van der Waals surface area contributed by atoms with Gasteiger partial charge in [-0.25, -0.2) is 10.2 Å². The first-order chi connectivity index (χ1) is 14.5. The lowest BCUT2D eigenvalue weighted by atomic mass is 10.2. The van der Waals surface area contributed by atoms with Crippen LogP contribution >= 0.6 is 27.3 Å². The summed E-state index contributed by atoms with van der Waals surface area (Å²) in [5.41, 5.74) is 3.62. The van der Waals surface area contributed by atoms with Crippen LogP contribution in [0.4, 0.5) is 0 Å². The van der Waals surface area contributed by atoms with Crippen molar-refractivity contribution in [3.63, 3.8) is 0 Å². The van der Waals surface area contributed by atoms with Gasteiger partial charge in [-0.1, -0.05) is 22.0 Å². The maximum Gasteiger partial charge on any atom is 0.343 e. The molecule has 1 N–H and O–H groups in total. The number of carbonyl (C=O) groups excluding carboxylic acids is 2. The number of nitrogens with zero attached hydrogens (tertiary/aromatic N) is 1. The number of rotatable bonds is 8. The Balaban J connectivity index is 1.65. The van der Waals surface area contributed by atoms with Crippen LogP contribution in [-0.4, -0.2) is 24.7 Å². The van der Waals surface area contributed by atoms with Crippen molar-refractivity contribution >= 4 is 45.4 Å². The molecule has 8 heteroatoms. The summed E-state index contributed by atoms with van der Waals surface area (Å²) in [7, 11) is 0. The molecule has 0 bridgehead atoms. The smallest absolute Gasteiger partial charge is 0.343 e. The van der Waals surface area contributed by atoms with Crippen molar-refractivity contribution in [2.75, 3.05) is 6.61 Å². The van der Waals surface area contributed by atoms with Crippen LogP contribution in [0, 0.1) is 0 Å². The second-order valence-corrected chi connectivity index (χ2v) is 8.03. The number of benzene rings is 2. The zero-order valence-electron chi connectivity index (χ0n) is 16.1. The Morgan fingerprint density at radius 2 is 1.93 bits per heavy atom. The Bertz CT molecular complexity index is 1030. The third-order valence-corrected chi connectivity index (χ3v) is 5.27. The van der Waals surface area contributed by atoms with Gasteiger partial charge in [0.25, 0.3) is 0 Å². The van der Waals surface area contributed by atoms with Crippen molar-refractivity contribution in [3.8, 4) is 11.5 Å². The lowest BCUT2D eigenvalue weighted by Gasteiger charge is -2.11. The van der Waals surface area contributed by atoms with Gasteiger partial charge in [-0.05, 0) is 66.4 Å². The number of hydrogen-bond donors (Lipinski definition) is 1. The fraction of sp³-hybridized carbons (Fsp3) is 0.136. The maximum atomic E-state index is 12.4. The van der Waals surface area contributed by atoms with Crippen molar-refractivity contribution in [3.05, 3.63) is 80.5 Å². The van der Waals surface area contributed by atoms with E-state index in [1.165, 1.54) is 17.6 Å². The molecule has 0 spiro atoms. The Morgan fingerprint density at radius 1 is 1.13 bits per heavy atom. The Labute approximate surface area is 186 Å². The first kappa shape index (κ1) is 21.7. The molecule has 0 aliphatic carbocycles.